The van der Waals surface area contributed by atoms with Crippen LogP contribution in [0.2, 0.25) is 0 Å². The van der Waals surface area contributed by atoms with Crippen molar-refractivity contribution in [2.45, 2.75) is 38.6 Å². The molecule has 1 heterocycles. The average Bonchev–Trinajstić information content (AvgIpc) is 2.31. The Morgan fingerprint density at radius 2 is 2.25 bits per heavy atom. The molecule has 0 aliphatic carbocycles. The Morgan fingerprint density at radius 3 is 2.88 bits per heavy atom. The van der Waals surface area contributed by atoms with E-state index >= 15 is 0 Å². The lowest BCUT2D eigenvalue weighted by Gasteiger charge is -2.37. The first-order valence-electron chi connectivity index (χ1n) is 6.32. The van der Waals surface area contributed by atoms with Crippen molar-refractivity contribution >= 4 is 5.91 Å². The minimum absolute atomic E-state index is 0.139. The molecule has 1 amide bonds. The van der Waals surface area contributed by atoms with Crippen LogP contribution in [0.15, 0.2) is 0 Å². The Balaban J connectivity index is 2.25. The van der Waals surface area contributed by atoms with Crippen molar-refractivity contribution in [3.63, 3.8) is 0 Å². The van der Waals surface area contributed by atoms with E-state index in [1.54, 1.807) is 7.05 Å². The van der Waals surface area contributed by atoms with Crippen LogP contribution in [0, 0.1) is 5.92 Å². The number of nitrogens with one attached hydrogen (secondary N) is 1. The molecule has 1 rings (SSSR count). The number of hydrogen-bond donors (Lipinski definition) is 2. The van der Waals surface area contributed by atoms with E-state index in [9.17, 15) is 4.79 Å². The third-order valence-corrected chi connectivity index (χ3v) is 3.57. The lowest BCUT2D eigenvalue weighted by molar-refractivity contribution is -0.120. The maximum atomic E-state index is 11.1. The zero-order valence-electron chi connectivity index (χ0n) is 10.5. The highest BCUT2D eigenvalue weighted by Gasteiger charge is 2.23. The van der Waals surface area contributed by atoms with E-state index in [0.29, 0.717) is 18.4 Å². The second kappa shape index (κ2) is 6.86. The van der Waals surface area contributed by atoms with Gasteiger partial charge in [0, 0.05) is 26.1 Å². The molecule has 16 heavy (non-hydrogen) atoms. The van der Waals surface area contributed by atoms with Crippen molar-refractivity contribution < 1.29 is 4.79 Å². The summed E-state index contributed by atoms with van der Waals surface area (Å²) in [7, 11) is 1.69. The van der Waals surface area contributed by atoms with E-state index in [1.165, 1.54) is 12.8 Å². The highest BCUT2D eigenvalue weighted by Crippen LogP contribution is 2.21. The van der Waals surface area contributed by atoms with Gasteiger partial charge >= 0.3 is 0 Å². The van der Waals surface area contributed by atoms with Gasteiger partial charge in [-0.3, -0.25) is 4.79 Å². The van der Waals surface area contributed by atoms with Crippen LogP contribution in [0.4, 0.5) is 0 Å². The Kier molecular flexibility index (Phi) is 5.77. The van der Waals surface area contributed by atoms with Crippen molar-refractivity contribution in [3.05, 3.63) is 0 Å². The van der Waals surface area contributed by atoms with Crippen LogP contribution >= 0.6 is 0 Å². The lowest BCUT2D eigenvalue weighted by atomic mass is 9.93. The molecule has 1 saturated heterocycles. The van der Waals surface area contributed by atoms with E-state index in [1.807, 2.05) is 0 Å². The largest absolute Gasteiger partial charge is 0.359 e. The molecule has 2 unspecified atom stereocenters. The third-order valence-electron chi connectivity index (χ3n) is 3.57. The second-order valence-corrected chi connectivity index (χ2v) is 4.80. The smallest absolute Gasteiger partial charge is 0.219 e. The monoisotopic (exact) mass is 227 g/mol. The first-order valence-corrected chi connectivity index (χ1v) is 6.32. The molecule has 1 fully saturated rings. The summed E-state index contributed by atoms with van der Waals surface area (Å²) in [6.45, 7) is 5.18. The van der Waals surface area contributed by atoms with E-state index in [-0.39, 0.29) is 5.91 Å². The number of hydrogen-bond acceptors (Lipinski definition) is 3. The highest BCUT2D eigenvalue weighted by atomic mass is 16.1. The molecule has 0 aromatic carbocycles. The van der Waals surface area contributed by atoms with Crippen molar-refractivity contribution in [1.29, 1.82) is 0 Å². The Hall–Kier alpha value is -0.610. The van der Waals surface area contributed by atoms with Gasteiger partial charge in [-0.1, -0.05) is 0 Å². The first-order chi connectivity index (χ1) is 7.67. The van der Waals surface area contributed by atoms with Crippen LogP contribution in [0.5, 0.6) is 0 Å². The summed E-state index contributed by atoms with van der Waals surface area (Å²) in [6, 6.07) is 0.646. The predicted molar refractivity (Wildman–Crippen MR) is 66.1 cm³/mol. The molecule has 4 heteroatoms. The zero-order valence-corrected chi connectivity index (χ0v) is 10.5. The van der Waals surface area contributed by atoms with E-state index in [4.69, 9.17) is 5.73 Å². The number of likely N-dealkylation sites (tertiary alicyclic amines) is 1. The number of nitrogens with zero attached hydrogens (tertiary/aromatic N) is 1. The summed E-state index contributed by atoms with van der Waals surface area (Å²) in [6.07, 6.45) is 4.07. The molecule has 0 spiro atoms. The van der Waals surface area contributed by atoms with Crippen LogP contribution in [0.1, 0.15) is 32.6 Å². The van der Waals surface area contributed by atoms with Gasteiger partial charge in [0.25, 0.3) is 0 Å². The van der Waals surface area contributed by atoms with Gasteiger partial charge in [-0.2, -0.15) is 0 Å². The minimum atomic E-state index is 0.139. The SMILES string of the molecule is CNC(=O)CCCN1CC(CN)CCC1C. The van der Waals surface area contributed by atoms with Gasteiger partial charge in [0.1, 0.15) is 0 Å². The normalized spacial score (nSPS) is 26.7. The van der Waals surface area contributed by atoms with Crippen LogP contribution in [-0.2, 0) is 4.79 Å². The van der Waals surface area contributed by atoms with Crippen molar-refractivity contribution in [2.24, 2.45) is 11.7 Å². The van der Waals surface area contributed by atoms with Crippen LogP contribution in [-0.4, -0.2) is 43.5 Å². The summed E-state index contributed by atoms with van der Waals surface area (Å²) in [5, 5.41) is 2.66. The molecule has 0 radical (unpaired) electrons. The van der Waals surface area contributed by atoms with Gasteiger partial charge in [-0.15, -0.1) is 0 Å². The van der Waals surface area contributed by atoms with Gasteiger partial charge in [-0.05, 0) is 45.2 Å². The number of piperidine rings is 1. The quantitative estimate of drug-likeness (QED) is 0.722. The van der Waals surface area contributed by atoms with Gasteiger partial charge in [0.2, 0.25) is 5.91 Å². The summed E-state index contributed by atoms with van der Waals surface area (Å²) in [5.41, 5.74) is 5.72. The first kappa shape index (κ1) is 13.5. The summed E-state index contributed by atoms with van der Waals surface area (Å²) >= 11 is 0. The van der Waals surface area contributed by atoms with Crippen molar-refractivity contribution in [3.8, 4) is 0 Å². The van der Waals surface area contributed by atoms with Gasteiger partial charge in [-0.25, -0.2) is 0 Å². The standard InChI is InChI=1S/C12H25N3O/c1-10-5-6-11(8-13)9-15(10)7-3-4-12(16)14-2/h10-11H,3-9,13H2,1-2H3,(H,14,16). The number of nitrogens with two attached hydrogens (primary N) is 1. The molecule has 0 aromatic rings. The number of rotatable bonds is 5. The molecule has 1 aliphatic rings. The van der Waals surface area contributed by atoms with Gasteiger partial charge in [0.05, 0.1) is 0 Å². The molecule has 2 atom stereocenters. The second-order valence-electron chi connectivity index (χ2n) is 4.80. The Morgan fingerprint density at radius 1 is 1.50 bits per heavy atom. The molecular weight excluding hydrogens is 202 g/mol. The Bertz CT molecular complexity index is 220. The van der Waals surface area contributed by atoms with E-state index < -0.39 is 0 Å². The predicted octanol–water partition coefficient (Wildman–Crippen LogP) is 0.572. The third kappa shape index (κ3) is 4.10. The molecule has 0 aromatic heterocycles. The average molecular weight is 227 g/mol. The molecule has 0 saturated carbocycles. The molecule has 94 valence electrons. The van der Waals surface area contributed by atoms with Crippen LogP contribution < -0.4 is 11.1 Å². The fourth-order valence-electron chi connectivity index (χ4n) is 2.33. The maximum absolute atomic E-state index is 11.1. The molecule has 3 N–H and O–H groups in total. The fraction of sp³-hybridized carbons (Fsp3) is 0.917. The van der Waals surface area contributed by atoms with Crippen LogP contribution in [0.3, 0.4) is 0 Å². The maximum Gasteiger partial charge on any atom is 0.219 e. The molecule has 4 nitrogen and oxygen atoms in total. The topological polar surface area (TPSA) is 58.4 Å². The number of amides is 1. The lowest BCUT2D eigenvalue weighted by Crippen LogP contribution is -2.44. The van der Waals surface area contributed by atoms with E-state index in [0.717, 1.165) is 26.1 Å². The van der Waals surface area contributed by atoms with Gasteiger partial charge in [0.15, 0.2) is 0 Å². The molecule has 0 bridgehead atoms. The summed E-state index contributed by atoms with van der Waals surface area (Å²) < 4.78 is 0. The molecular formula is C12H25N3O. The molecule has 1 aliphatic heterocycles. The highest BCUT2D eigenvalue weighted by molar-refractivity contribution is 5.75. The number of carbonyl (C=O) groups excluding carboxylic acids is 1. The van der Waals surface area contributed by atoms with Crippen molar-refractivity contribution in [2.75, 3.05) is 26.7 Å². The van der Waals surface area contributed by atoms with E-state index in [2.05, 4.69) is 17.1 Å². The Labute approximate surface area is 98.6 Å². The fourth-order valence-corrected chi connectivity index (χ4v) is 2.33. The zero-order chi connectivity index (χ0) is 12.0. The summed E-state index contributed by atoms with van der Waals surface area (Å²) in [5.74, 6) is 0.788. The number of carbonyl (C=O) groups is 1. The van der Waals surface area contributed by atoms with Gasteiger partial charge < -0.3 is 16.0 Å². The van der Waals surface area contributed by atoms with Crippen molar-refractivity contribution in [1.82, 2.24) is 10.2 Å². The van der Waals surface area contributed by atoms with Crippen LogP contribution in [0.25, 0.3) is 0 Å². The minimum Gasteiger partial charge on any atom is -0.359 e. The summed E-state index contributed by atoms with van der Waals surface area (Å²) in [4.78, 5) is 13.6.